The first-order chi connectivity index (χ1) is 32.9. The smallest absolute Gasteiger partial charge is 0.793 e. The molecule has 0 spiro atoms. The first kappa shape index (κ1) is 57.0. The average molecular weight is 1030 g/mol. The summed E-state index contributed by atoms with van der Waals surface area (Å²) in [4.78, 5) is 69.4. The number of rotatable bonds is 18. The summed E-state index contributed by atoms with van der Waals surface area (Å²) in [5.41, 5.74) is 6.75. The van der Waals surface area contributed by atoms with Crippen molar-refractivity contribution in [2.24, 2.45) is 16.4 Å². The summed E-state index contributed by atoms with van der Waals surface area (Å²) in [5.74, 6) is -2.42. The van der Waals surface area contributed by atoms with Crippen molar-refractivity contribution < 1.29 is 116 Å². The van der Waals surface area contributed by atoms with Crippen LogP contribution >= 0.6 is 7.75 Å². The van der Waals surface area contributed by atoms with Crippen LogP contribution in [0.3, 0.4) is 0 Å². The number of esters is 1. The minimum atomic E-state index is -5.32. The zero-order valence-corrected chi connectivity index (χ0v) is 45.1. The number of carbonyl (C=O) groups excluding carboxylic acids is 2. The van der Waals surface area contributed by atoms with E-state index in [9.17, 15) is 33.1 Å². The zero-order valence-electron chi connectivity index (χ0n) is 40.2. The van der Waals surface area contributed by atoms with Gasteiger partial charge in [-0.25, -0.2) is 42.0 Å². The molecule has 370 valence electrons. The molecular weight excluding hydrogens is 973 g/mol. The van der Waals surface area contributed by atoms with Crippen molar-refractivity contribution >= 4 is 37.2 Å². The second-order valence-electron chi connectivity index (χ2n) is 16.6. The number of carbonyl (C=O) groups is 2. The topological polar surface area (TPSA) is 262 Å². The van der Waals surface area contributed by atoms with E-state index in [2.05, 4.69) is 29.7 Å². The first-order valence-electron chi connectivity index (χ1n) is 22.0. The number of piperazine rings is 1. The Kier molecular flexibility index (Phi) is 20.2. The van der Waals surface area contributed by atoms with Crippen molar-refractivity contribution in [3.8, 4) is 11.4 Å². The van der Waals surface area contributed by atoms with Crippen LogP contribution in [0, 0.1) is 17.6 Å². The minimum absolute atomic E-state index is 0. The van der Waals surface area contributed by atoms with Gasteiger partial charge in [0, 0.05) is 69.1 Å². The number of anilines is 2. The van der Waals surface area contributed by atoms with E-state index >= 15 is 4.39 Å². The largest absolute Gasteiger partial charge is 1.00 e. The average Bonchev–Trinajstić information content (AvgIpc) is 4.07. The van der Waals surface area contributed by atoms with Crippen molar-refractivity contribution in [2.45, 2.75) is 64.2 Å². The molecule has 0 bridgehead atoms. The molecule has 2 fully saturated rings. The van der Waals surface area contributed by atoms with Gasteiger partial charge in [-0.15, -0.1) is 0 Å². The number of guanidine groups is 1. The van der Waals surface area contributed by atoms with Crippen molar-refractivity contribution in [1.29, 1.82) is 0 Å². The molecule has 2 aromatic heterocycles. The minimum Gasteiger partial charge on any atom is -0.793 e. The van der Waals surface area contributed by atoms with Crippen LogP contribution in [0.4, 0.5) is 25.0 Å². The van der Waals surface area contributed by atoms with Crippen molar-refractivity contribution in [1.82, 2.24) is 34.0 Å². The fraction of sp³-hybridized carbons (Fsp3) is 0.432. The van der Waals surface area contributed by atoms with Gasteiger partial charge in [-0.2, -0.15) is 10.2 Å². The molecule has 7 rings (SSSR count). The molecule has 22 nitrogen and oxygen atoms in total. The maximum Gasteiger partial charge on any atom is 1.00 e. The number of likely N-dealkylation sites (N-methyl/N-ethyl adjacent to an activating group) is 1. The van der Waals surface area contributed by atoms with Gasteiger partial charge in [0.15, 0.2) is 5.96 Å². The summed E-state index contributed by atoms with van der Waals surface area (Å²) in [6.45, 7) is 7.89. The summed E-state index contributed by atoms with van der Waals surface area (Å²) in [5, 5.41) is 8.48. The number of hydrogen-bond acceptors (Lipinski definition) is 16. The van der Waals surface area contributed by atoms with Gasteiger partial charge in [0.1, 0.15) is 54.6 Å². The number of aromatic nitrogens is 6. The zero-order chi connectivity index (χ0) is 49.5. The van der Waals surface area contributed by atoms with E-state index in [4.69, 9.17) is 29.4 Å². The van der Waals surface area contributed by atoms with Crippen LogP contribution in [-0.4, -0.2) is 117 Å². The molecule has 2 aliphatic rings. The predicted molar refractivity (Wildman–Crippen MR) is 240 cm³/mol. The van der Waals surface area contributed by atoms with E-state index in [1.165, 1.54) is 54.3 Å². The van der Waals surface area contributed by atoms with Gasteiger partial charge in [-0.3, -0.25) is 4.79 Å². The van der Waals surface area contributed by atoms with Crippen LogP contribution in [0.2, 0.25) is 0 Å². The van der Waals surface area contributed by atoms with Crippen LogP contribution < -0.4 is 94.9 Å². The first-order valence-corrected chi connectivity index (χ1v) is 23.5. The van der Waals surface area contributed by atoms with E-state index < -0.39 is 73.7 Å². The summed E-state index contributed by atoms with van der Waals surface area (Å²) in [6.07, 6.45) is 1.58. The van der Waals surface area contributed by atoms with E-state index in [0.717, 1.165) is 48.5 Å². The molecule has 3 aromatic carbocycles. The molecule has 0 amide bonds. The molecule has 27 heteroatoms. The number of nitrogens with two attached hydrogens (primary N) is 1. The fourth-order valence-electron chi connectivity index (χ4n) is 8.34. The third-order valence-corrected chi connectivity index (χ3v) is 12.2. The Morgan fingerprint density at radius 2 is 1.58 bits per heavy atom. The van der Waals surface area contributed by atoms with Crippen LogP contribution in [0.1, 0.15) is 45.2 Å². The maximum atomic E-state index is 15.0. The van der Waals surface area contributed by atoms with Crippen LogP contribution in [0.25, 0.3) is 5.69 Å². The predicted octanol–water partition coefficient (Wildman–Crippen LogP) is -3.29. The number of nitrogens with zero attached hydrogens (tertiary/aromatic N) is 10. The molecule has 5 atom stereocenters. The summed E-state index contributed by atoms with van der Waals surface area (Å²) < 4.78 is 74.4. The molecule has 2 saturated heterocycles. The third-order valence-electron chi connectivity index (χ3n) is 11.8. The quantitative estimate of drug-likeness (QED) is 0.0225. The second kappa shape index (κ2) is 25.2. The van der Waals surface area contributed by atoms with E-state index in [-0.39, 0.29) is 77.1 Å². The Hall–Kier alpha value is -4.88. The Labute approximate surface area is 451 Å². The van der Waals surface area contributed by atoms with Crippen molar-refractivity contribution in [3.05, 3.63) is 113 Å². The van der Waals surface area contributed by atoms with Crippen LogP contribution in [-0.2, 0) is 40.5 Å². The SMILES string of the molecule is CC[C@@H]([C@H](C)OC(=O)OC(C)OC(=O)CN(C)C(N)=NP(=O)([O-])[O-])n1ncn(-c2ccc(N3CCN(c4ccc(OC[C@@H]5CO[C@@](Cn6cncn6)(c6ccc(F)cc6F)C5)cc4)CC3)cc2)c1=O.[Na+].[Na+]. The number of halogens is 2. The van der Waals surface area contributed by atoms with Gasteiger partial charge in [0.25, 0.3) is 0 Å². The standard InChI is InChI=1S/C44H54F2N11O11P.2Na/c1-5-39(29(2)66-43(60)68-30(3)67-40(58)22-52(4)41(47)51-69(61,62)63)57-42(59)56(28-50-57)35-9-7-33(8-10-35)53-16-18-54(19-17-53)34-11-13-36(14-12-34)64-23-31-21-44(65-24-31,25-55-27-48-26-49-55)37-15-6-32(45)20-38(37)46;;/h6-15,20,26-31,39H,5,16-19,21-25H2,1-4H3,(H4,47,51,61,62,63);;/q;2*+1/p-2/t29-,30?,31+,39-,44-;;/m0../s1. The van der Waals surface area contributed by atoms with Gasteiger partial charge in [0.05, 0.1) is 39.2 Å². The molecular formula is C44H52F2N11Na2O11P. The maximum absolute atomic E-state index is 15.0. The number of hydrogen-bond donors (Lipinski definition) is 1. The van der Waals surface area contributed by atoms with Gasteiger partial charge in [-0.1, -0.05) is 13.0 Å². The summed E-state index contributed by atoms with van der Waals surface area (Å²) >= 11 is 0. The monoisotopic (exact) mass is 1030 g/mol. The van der Waals surface area contributed by atoms with Gasteiger partial charge in [0.2, 0.25) is 6.29 Å². The van der Waals surface area contributed by atoms with E-state index in [1.807, 2.05) is 48.5 Å². The normalized spacial score (nSPS) is 18.4. The number of benzene rings is 3. The molecule has 2 N–H and O–H groups in total. The molecule has 2 aliphatic heterocycles. The second-order valence-corrected chi connectivity index (χ2v) is 17.8. The molecule has 1 unspecified atom stereocenters. The summed E-state index contributed by atoms with van der Waals surface area (Å²) in [7, 11) is -4.13. The third kappa shape index (κ3) is 14.9. The summed E-state index contributed by atoms with van der Waals surface area (Å²) in [6, 6.07) is 18.3. The van der Waals surface area contributed by atoms with E-state index in [0.29, 0.717) is 37.5 Å². The van der Waals surface area contributed by atoms with Crippen LogP contribution in [0.5, 0.6) is 5.75 Å². The van der Waals surface area contributed by atoms with Crippen molar-refractivity contribution in [2.75, 3.05) is 62.8 Å². The molecule has 0 saturated carbocycles. The molecule has 0 aliphatic carbocycles. The Morgan fingerprint density at radius 1 is 0.944 bits per heavy atom. The van der Waals surface area contributed by atoms with Gasteiger partial charge >= 0.3 is 76.9 Å². The van der Waals surface area contributed by atoms with Crippen LogP contribution in [0.15, 0.2) is 95.3 Å². The fourth-order valence-corrected chi connectivity index (χ4v) is 8.75. The number of ether oxygens (including phenoxy) is 5. The Balaban J connectivity index is 0.00000469. The molecule has 4 heterocycles. The van der Waals surface area contributed by atoms with Gasteiger partial charge < -0.3 is 58.5 Å². The Morgan fingerprint density at radius 3 is 2.17 bits per heavy atom. The Bertz CT molecular complexity index is 2690. The molecule has 71 heavy (non-hydrogen) atoms. The van der Waals surface area contributed by atoms with Gasteiger partial charge in [-0.05, 0) is 74.4 Å². The van der Waals surface area contributed by atoms with Crippen molar-refractivity contribution in [3.63, 3.8) is 0 Å². The van der Waals surface area contributed by atoms with E-state index in [1.54, 1.807) is 18.5 Å². The molecule has 5 aromatic rings. The molecule has 0 radical (unpaired) electrons.